The molecule has 5 heteroatoms. The van der Waals surface area contributed by atoms with Crippen LogP contribution in [0, 0.1) is 0 Å². The Morgan fingerprint density at radius 1 is 1.24 bits per heavy atom. The van der Waals surface area contributed by atoms with Gasteiger partial charge in [-0.15, -0.1) is 0 Å². The van der Waals surface area contributed by atoms with Crippen molar-refractivity contribution in [3.63, 3.8) is 0 Å². The van der Waals surface area contributed by atoms with E-state index < -0.39 is 5.41 Å². The third kappa shape index (κ3) is 3.53. The molecule has 2 aliphatic heterocycles. The number of likely N-dealkylation sites (N-methyl/N-ethyl adjacent to an activating group) is 1. The van der Waals surface area contributed by atoms with E-state index in [0.29, 0.717) is 18.6 Å². The molecule has 2 atom stereocenters. The Kier molecular flexibility index (Phi) is 5.36. The van der Waals surface area contributed by atoms with Crippen molar-refractivity contribution in [2.75, 3.05) is 25.6 Å². The van der Waals surface area contributed by atoms with E-state index in [9.17, 15) is 4.79 Å². The van der Waals surface area contributed by atoms with Crippen molar-refractivity contribution in [1.82, 2.24) is 10.6 Å². The maximum absolute atomic E-state index is 12.7. The Morgan fingerprint density at radius 3 is 2.72 bits per heavy atom. The minimum atomic E-state index is -0.519. The fourth-order valence-electron chi connectivity index (χ4n) is 4.72. The van der Waals surface area contributed by atoms with Crippen molar-refractivity contribution in [1.29, 1.82) is 0 Å². The number of methoxy groups -OCH3 is 1. The molecule has 2 aromatic carbocycles. The fraction of sp³-hybridized carbons (Fsp3) is 0.458. The monoisotopic (exact) mass is 393 g/mol. The van der Waals surface area contributed by atoms with Crippen LogP contribution in [0.25, 0.3) is 0 Å². The molecule has 1 saturated heterocycles. The summed E-state index contributed by atoms with van der Waals surface area (Å²) in [6.45, 7) is 5.71. The van der Waals surface area contributed by atoms with Crippen molar-refractivity contribution in [3.8, 4) is 5.75 Å². The maximum Gasteiger partial charge on any atom is 0.236 e. The van der Waals surface area contributed by atoms with Gasteiger partial charge in [0.05, 0.1) is 12.5 Å². The summed E-state index contributed by atoms with van der Waals surface area (Å²) in [6, 6.07) is 15.4. The molecule has 2 aliphatic rings. The zero-order valence-corrected chi connectivity index (χ0v) is 17.8. The highest BCUT2D eigenvalue weighted by Gasteiger charge is 2.43. The van der Waals surface area contributed by atoms with Crippen LogP contribution in [0.5, 0.6) is 5.75 Å². The first-order valence-corrected chi connectivity index (χ1v) is 10.4. The molecule has 0 aromatic heterocycles. The Balaban J connectivity index is 1.57. The Morgan fingerprint density at radius 2 is 2.00 bits per heavy atom. The predicted molar refractivity (Wildman–Crippen MR) is 116 cm³/mol. The number of amides is 1. The molecule has 29 heavy (non-hydrogen) atoms. The molecular formula is C24H31N3O2. The first kappa shape index (κ1) is 19.9. The second kappa shape index (κ2) is 7.81. The van der Waals surface area contributed by atoms with Crippen molar-refractivity contribution in [2.45, 2.75) is 50.7 Å². The van der Waals surface area contributed by atoms with Crippen LogP contribution in [-0.2, 0) is 16.8 Å². The molecule has 0 radical (unpaired) electrons. The molecule has 154 valence electrons. The van der Waals surface area contributed by atoms with Crippen molar-refractivity contribution in [2.24, 2.45) is 0 Å². The zero-order valence-electron chi connectivity index (χ0n) is 17.8. The van der Waals surface area contributed by atoms with Gasteiger partial charge in [-0.2, -0.15) is 0 Å². The third-order valence-electron chi connectivity index (χ3n) is 6.44. The van der Waals surface area contributed by atoms with E-state index in [-0.39, 0.29) is 5.91 Å². The SMILES string of the molecule is COc1cc2c(cc1CNC1CCCNC1c1ccccc1)N(C)C(=O)C2(C)C. The number of piperidine rings is 1. The fourth-order valence-corrected chi connectivity index (χ4v) is 4.72. The van der Waals surface area contributed by atoms with Gasteiger partial charge in [-0.3, -0.25) is 4.79 Å². The van der Waals surface area contributed by atoms with Gasteiger partial charge in [0.25, 0.3) is 0 Å². The van der Waals surface area contributed by atoms with Gasteiger partial charge in [0.1, 0.15) is 5.75 Å². The van der Waals surface area contributed by atoms with E-state index >= 15 is 0 Å². The highest BCUT2D eigenvalue weighted by atomic mass is 16.5. The van der Waals surface area contributed by atoms with Crippen molar-refractivity contribution >= 4 is 11.6 Å². The molecule has 2 unspecified atom stereocenters. The topological polar surface area (TPSA) is 53.6 Å². The van der Waals surface area contributed by atoms with Gasteiger partial charge in [0.15, 0.2) is 0 Å². The lowest BCUT2D eigenvalue weighted by Gasteiger charge is -2.34. The number of benzene rings is 2. The summed E-state index contributed by atoms with van der Waals surface area (Å²) in [5.41, 5.74) is 3.90. The van der Waals surface area contributed by atoms with Crippen LogP contribution in [0.2, 0.25) is 0 Å². The molecule has 0 bridgehead atoms. The van der Waals surface area contributed by atoms with Crippen LogP contribution in [0.4, 0.5) is 5.69 Å². The quantitative estimate of drug-likeness (QED) is 0.816. The number of rotatable bonds is 5. The number of nitrogens with one attached hydrogen (secondary N) is 2. The average Bonchev–Trinajstić information content (AvgIpc) is 2.92. The molecule has 2 N–H and O–H groups in total. The summed E-state index contributed by atoms with van der Waals surface area (Å²) in [5, 5.41) is 7.42. The lowest BCUT2D eigenvalue weighted by molar-refractivity contribution is -0.121. The molecule has 0 aliphatic carbocycles. The van der Waals surface area contributed by atoms with E-state index in [2.05, 4.69) is 47.0 Å². The number of fused-ring (bicyclic) bond motifs is 1. The number of carbonyl (C=O) groups is 1. The van der Waals surface area contributed by atoms with Gasteiger partial charge in [-0.25, -0.2) is 0 Å². The maximum atomic E-state index is 12.7. The molecule has 0 saturated carbocycles. The molecule has 5 nitrogen and oxygen atoms in total. The van der Waals surface area contributed by atoms with E-state index in [4.69, 9.17) is 4.74 Å². The van der Waals surface area contributed by atoms with Crippen LogP contribution in [-0.4, -0.2) is 32.7 Å². The molecule has 1 amide bonds. The minimum absolute atomic E-state index is 0.125. The molecule has 0 spiro atoms. The van der Waals surface area contributed by atoms with Gasteiger partial charge in [0.2, 0.25) is 5.91 Å². The normalized spacial score (nSPS) is 23.2. The predicted octanol–water partition coefficient (Wildman–Crippen LogP) is 3.53. The van der Waals surface area contributed by atoms with Crippen LogP contribution in [0.3, 0.4) is 0 Å². The highest BCUT2D eigenvalue weighted by Crippen LogP contribution is 2.44. The van der Waals surface area contributed by atoms with Crippen LogP contribution >= 0.6 is 0 Å². The van der Waals surface area contributed by atoms with Gasteiger partial charge < -0.3 is 20.3 Å². The van der Waals surface area contributed by atoms with Crippen LogP contribution in [0.1, 0.15) is 49.4 Å². The lowest BCUT2D eigenvalue weighted by Crippen LogP contribution is -2.45. The molecule has 1 fully saturated rings. The first-order chi connectivity index (χ1) is 13.9. The summed E-state index contributed by atoms with van der Waals surface area (Å²) >= 11 is 0. The van der Waals surface area contributed by atoms with Crippen molar-refractivity contribution < 1.29 is 9.53 Å². The summed E-state index contributed by atoms with van der Waals surface area (Å²) in [4.78, 5) is 14.4. The second-order valence-electron chi connectivity index (χ2n) is 8.64. The van der Waals surface area contributed by atoms with Crippen LogP contribution < -0.4 is 20.3 Å². The summed E-state index contributed by atoms with van der Waals surface area (Å²) in [7, 11) is 3.56. The smallest absolute Gasteiger partial charge is 0.236 e. The molecular weight excluding hydrogens is 362 g/mol. The highest BCUT2D eigenvalue weighted by molar-refractivity contribution is 6.07. The standard InChI is InChI=1S/C24H31N3O2/c1-24(2)18-14-21(29-4)17(13-20(18)27(3)23(24)28)15-26-19-11-8-12-25-22(19)16-9-6-5-7-10-16/h5-7,9-10,13-14,19,22,25-26H,8,11-12,15H2,1-4H3. The molecule has 2 aromatic rings. The summed E-state index contributed by atoms with van der Waals surface area (Å²) in [6.07, 6.45) is 2.29. The number of hydrogen-bond donors (Lipinski definition) is 2. The lowest BCUT2D eigenvalue weighted by atomic mass is 9.85. The minimum Gasteiger partial charge on any atom is -0.496 e. The van der Waals surface area contributed by atoms with Crippen molar-refractivity contribution in [3.05, 3.63) is 59.2 Å². The summed E-state index contributed by atoms with van der Waals surface area (Å²) in [5.74, 6) is 0.965. The Labute approximate surface area is 173 Å². The van der Waals surface area contributed by atoms with E-state index in [1.54, 1.807) is 12.0 Å². The van der Waals surface area contributed by atoms with Gasteiger partial charge in [0, 0.05) is 36.9 Å². The Bertz CT molecular complexity index is 894. The number of nitrogens with zero attached hydrogens (tertiary/aromatic N) is 1. The first-order valence-electron chi connectivity index (χ1n) is 10.4. The van der Waals surface area contributed by atoms with Gasteiger partial charge in [-0.1, -0.05) is 30.3 Å². The van der Waals surface area contributed by atoms with E-state index in [1.165, 1.54) is 5.56 Å². The molecule has 4 rings (SSSR count). The zero-order chi connectivity index (χ0) is 20.6. The second-order valence-corrected chi connectivity index (χ2v) is 8.64. The number of ether oxygens (including phenoxy) is 1. The Hall–Kier alpha value is -2.37. The average molecular weight is 394 g/mol. The number of hydrogen-bond acceptors (Lipinski definition) is 4. The van der Waals surface area contributed by atoms with Gasteiger partial charge in [-0.05, 0) is 56.5 Å². The largest absolute Gasteiger partial charge is 0.496 e. The molecule has 2 heterocycles. The third-order valence-corrected chi connectivity index (χ3v) is 6.44. The summed E-state index contributed by atoms with van der Waals surface area (Å²) < 4.78 is 5.70. The van der Waals surface area contributed by atoms with Gasteiger partial charge >= 0.3 is 0 Å². The number of anilines is 1. The van der Waals surface area contributed by atoms with Crippen LogP contribution in [0.15, 0.2) is 42.5 Å². The number of carbonyl (C=O) groups excluding carboxylic acids is 1. The van der Waals surface area contributed by atoms with E-state index in [1.807, 2.05) is 27.0 Å². The van der Waals surface area contributed by atoms with E-state index in [0.717, 1.165) is 42.0 Å².